The summed E-state index contributed by atoms with van der Waals surface area (Å²) in [6.45, 7) is 6.96. The Morgan fingerprint density at radius 3 is 1.57 bits per heavy atom. The van der Waals surface area contributed by atoms with E-state index < -0.39 is 36.4 Å². The smallest absolute Gasteiger partial charge is 0.490 e. The minimum Gasteiger partial charge on any atom is -0.497 e. The Kier molecular flexibility index (Phi) is 15.4. The lowest BCUT2D eigenvalue weighted by Gasteiger charge is -2.39. The Morgan fingerprint density at radius 2 is 1.17 bits per heavy atom. The molecule has 0 saturated carbocycles. The first-order valence-corrected chi connectivity index (χ1v) is 13.4. The molecule has 0 unspecified atom stereocenters. The lowest BCUT2D eigenvalue weighted by molar-refractivity contribution is -0.193. The maximum Gasteiger partial charge on any atom is 0.490 e. The Balaban J connectivity index is 0.000000430. The number of aromatic nitrogens is 1. The number of alkyl halides is 9. The number of nitrogens with zero attached hydrogens (tertiary/aromatic N) is 3. The molecule has 19 heteroatoms. The van der Waals surface area contributed by atoms with Gasteiger partial charge in [-0.15, -0.1) is 0 Å². The molecule has 2 aliphatic rings. The van der Waals surface area contributed by atoms with Crippen molar-refractivity contribution in [2.75, 3.05) is 33.3 Å². The molecule has 2 fully saturated rings. The second-order valence-electron chi connectivity index (χ2n) is 10.4. The molecule has 1 aromatic carbocycles. The molecule has 0 atom stereocenters. The predicted octanol–water partition coefficient (Wildman–Crippen LogP) is 5.48. The molecule has 47 heavy (non-hydrogen) atoms. The van der Waals surface area contributed by atoms with Crippen LogP contribution in [0.5, 0.6) is 5.75 Å². The second-order valence-corrected chi connectivity index (χ2v) is 10.4. The van der Waals surface area contributed by atoms with Crippen LogP contribution in [0.3, 0.4) is 0 Å². The Hall–Kier alpha value is -4.13. The number of aliphatic carboxylic acids is 3. The molecule has 1 spiro atoms. The fourth-order valence-electron chi connectivity index (χ4n) is 4.54. The van der Waals surface area contributed by atoms with E-state index in [0.717, 1.165) is 18.8 Å². The summed E-state index contributed by atoms with van der Waals surface area (Å²) in [6, 6.07) is 12.7. The minimum atomic E-state index is -5.08. The van der Waals surface area contributed by atoms with E-state index in [0.29, 0.717) is 5.41 Å². The molecular formula is C28H32F9N3O7. The number of methoxy groups -OCH3 is 1. The van der Waals surface area contributed by atoms with E-state index in [4.69, 9.17) is 34.4 Å². The molecule has 264 valence electrons. The van der Waals surface area contributed by atoms with Gasteiger partial charge in [-0.05, 0) is 73.6 Å². The van der Waals surface area contributed by atoms with Crippen LogP contribution in [-0.4, -0.2) is 99.8 Å². The first kappa shape index (κ1) is 40.9. The molecule has 0 aliphatic carbocycles. The van der Waals surface area contributed by atoms with Crippen molar-refractivity contribution in [3.63, 3.8) is 0 Å². The van der Waals surface area contributed by atoms with Gasteiger partial charge in [-0.3, -0.25) is 14.8 Å². The lowest BCUT2D eigenvalue weighted by Crippen LogP contribution is -2.41. The quantitative estimate of drug-likeness (QED) is 0.345. The van der Waals surface area contributed by atoms with Crippen LogP contribution in [0.25, 0.3) is 0 Å². The Morgan fingerprint density at radius 1 is 0.745 bits per heavy atom. The molecule has 10 nitrogen and oxygen atoms in total. The number of ether oxygens (including phenoxy) is 1. The van der Waals surface area contributed by atoms with Crippen LogP contribution < -0.4 is 4.74 Å². The van der Waals surface area contributed by atoms with Gasteiger partial charge >= 0.3 is 36.4 Å². The van der Waals surface area contributed by atoms with E-state index >= 15 is 0 Å². The van der Waals surface area contributed by atoms with Gasteiger partial charge in [0.15, 0.2) is 0 Å². The van der Waals surface area contributed by atoms with E-state index in [9.17, 15) is 39.5 Å². The molecule has 0 amide bonds. The van der Waals surface area contributed by atoms with Gasteiger partial charge in [0, 0.05) is 32.0 Å². The summed E-state index contributed by atoms with van der Waals surface area (Å²) in [7, 11) is 1.74. The van der Waals surface area contributed by atoms with Crippen molar-refractivity contribution in [1.29, 1.82) is 0 Å². The van der Waals surface area contributed by atoms with Crippen molar-refractivity contribution in [3.8, 4) is 5.75 Å². The van der Waals surface area contributed by atoms with E-state index in [-0.39, 0.29) is 0 Å². The third-order valence-corrected chi connectivity index (χ3v) is 6.83. The molecule has 4 rings (SSSR count). The van der Waals surface area contributed by atoms with E-state index in [1.165, 1.54) is 56.6 Å². The van der Waals surface area contributed by atoms with Gasteiger partial charge in [-0.2, -0.15) is 39.5 Å². The zero-order valence-electron chi connectivity index (χ0n) is 24.7. The first-order chi connectivity index (χ1) is 21.6. The molecule has 2 aromatic rings. The summed E-state index contributed by atoms with van der Waals surface area (Å²) in [5.41, 5.74) is 3.22. The van der Waals surface area contributed by atoms with Crippen molar-refractivity contribution in [1.82, 2.24) is 14.8 Å². The summed E-state index contributed by atoms with van der Waals surface area (Å²) >= 11 is 0. The van der Waals surface area contributed by atoms with Crippen LogP contribution in [0.1, 0.15) is 30.4 Å². The predicted molar refractivity (Wildman–Crippen MR) is 145 cm³/mol. The topological polar surface area (TPSA) is 140 Å². The highest BCUT2D eigenvalue weighted by atomic mass is 19.4. The van der Waals surface area contributed by atoms with Crippen molar-refractivity contribution < 1.29 is 74.0 Å². The van der Waals surface area contributed by atoms with E-state index in [1.807, 2.05) is 24.5 Å². The SMILES string of the molecule is COc1cccc(CN2CCC3(CC2)CCN(Cc2cccnc2)C3)c1.O=C(O)C(F)(F)F.O=C(O)C(F)(F)F.O=C(O)C(F)(F)F. The van der Waals surface area contributed by atoms with Crippen LogP contribution in [0, 0.1) is 5.41 Å². The van der Waals surface area contributed by atoms with Gasteiger partial charge in [0.1, 0.15) is 5.75 Å². The standard InChI is InChI=1S/C22H29N3O.3C2HF3O2/c1-26-21-6-2-4-19(14-21)16-24-11-7-22(8-12-24)9-13-25(18-22)17-20-5-3-10-23-15-20;3*3-2(4,5)1(6)7/h2-6,10,14-15H,7-9,11-13,16-18H2,1H3;3*(H,6,7). The number of likely N-dealkylation sites (tertiary alicyclic amines) is 2. The summed E-state index contributed by atoms with van der Waals surface area (Å²) in [5, 5.41) is 21.4. The third-order valence-electron chi connectivity index (χ3n) is 6.83. The summed E-state index contributed by atoms with van der Waals surface area (Å²) in [5.74, 6) is -7.31. The molecule has 0 radical (unpaired) electrons. The van der Waals surface area contributed by atoms with E-state index in [2.05, 4.69) is 39.0 Å². The minimum absolute atomic E-state index is 0.535. The van der Waals surface area contributed by atoms with Crippen molar-refractivity contribution in [2.45, 2.75) is 50.9 Å². The molecule has 2 saturated heterocycles. The largest absolute Gasteiger partial charge is 0.497 e. The fraction of sp³-hybridized carbons (Fsp3) is 0.500. The average molecular weight is 694 g/mol. The number of hydrogen-bond donors (Lipinski definition) is 3. The van der Waals surface area contributed by atoms with Gasteiger partial charge in [0.05, 0.1) is 7.11 Å². The van der Waals surface area contributed by atoms with Gasteiger partial charge < -0.3 is 20.1 Å². The van der Waals surface area contributed by atoms with Crippen LogP contribution in [0.15, 0.2) is 48.8 Å². The number of carboxylic acids is 3. The van der Waals surface area contributed by atoms with Gasteiger partial charge in [-0.1, -0.05) is 18.2 Å². The number of carboxylic acid groups (broad SMARTS) is 3. The molecule has 3 heterocycles. The molecular weight excluding hydrogens is 661 g/mol. The molecule has 2 aliphatic heterocycles. The number of piperidine rings is 1. The van der Waals surface area contributed by atoms with Gasteiger partial charge in [0.25, 0.3) is 0 Å². The Labute approximate surface area is 262 Å². The maximum absolute atomic E-state index is 10.6. The monoisotopic (exact) mass is 693 g/mol. The molecule has 3 N–H and O–H groups in total. The van der Waals surface area contributed by atoms with Crippen LogP contribution in [0.4, 0.5) is 39.5 Å². The van der Waals surface area contributed by atoms with Crippen molar-refractivity contribution in [3.05, 3.63) is 59.9 Å². The average Bonchev–Trinajstić information content (AvgIpc) is 3.36. The summed E-state index contributed by atoms with van der Waals surface area (Å²) in [6.07, 6.45) is -7.41. The maximum atomic E-state index is 10.6. The van der Waals surface area contributed by atoms with Crippen molar-refractivity contribution >= 4 is 17.9 Å². The summed E-state index contributed by atoms with van der Waals surface area (Å²) in [4.78, 5) is 36.2. The normalized spacial score (nSPS) is 16.4. The highest BCUT2D eigenvalue weighted by Gasteiger charge is 2.41. The van der Waals surface area contributed by atoms with Crippen LogP contribution >= 0.6 is 0 Å². The number of rotatable bonds is 5. The fourth-order valence-corrected chi connectivity index (χ4v) is 4.54. The second kappa shape index (κ2) is 17.7. The Bertz CT molecular complexity index is 1230. The number of carbonyl (C=O) groups is 3. The zero-order valence-corrected chi connectivity index (χ0v) is 24.7. The lowest BCUT2D eigenvalue weighted by atomic mass is 9.77. The highest BCUT2D eigenvalue weighted by molar-refractivity contribution is 5.73. The highest BCUT2D eigenvalue weighted by Crippen LogP contribution is 2.41. The zero-order chi connectivity index (χ0) is 36.1. The third kappa shape index (κ3) is 15.8. The van der Waals surface area contributed by atoms with Gasteiger partial charge in [0.2, 0.25) is 0 Å². The first-order valence-electron chi connectivity index (χ1n) is 13.4. The number of halogens is 9. The number of pyridine rings is 1. The van der Waals surface area contributed by atoms with Crippen LogP contribution in [0.2, 0.25) is 0 Å². The van der Waals surface area contributed by atoms with Gasteiger partial charge in [-0.25, -0.2) is 14.4 Å². The number of hydrogen-bond acceptors (Lipinski definition) is 7. The van der Waals surface area contributed by atoms with Crippen LogP contribution in [-0.2, 0) is 27.5 Å². The summed E-state index contributed by atoms with van der Waals surface area (Å²) < 4.78 is 101. The van der Waals surface area contributed by atoms with E-state index in [1.54, 1.807) is 7.11 Å². The number of benzene rings is 1. The molecule has 0 bridgehead atoms. The molecule has 1 aromatic heterocycles. The van der Waals surface area contributed by atoms with Crippen molar-refractivity contribution in [2.24, 2.45) is 5.41 Å².